The van der Waals surface area contributed by atoms with E-state index in [0.717, 1.165) is 0 Å². The number of amides is 1. The maximum absolute atomic E-state index is 10.6. The second-order valence-corrected chi connectivity index (χ2v) is 1.97. The van der Waals surface area contributed by atoms with Gasteiger partial charge in [0.25, 0.3) is 5.91 Å². The summed E-state index contributed by atoms with van der Waals surface area (Å²) in [5.74, 6) is 0.479. The molecule has 0 aliphatic carbocycles. The van der Waals surface area contributed by atoms with Gasteiger partial charge in [0.1, 0.15) is 12.9 Å². The molecule has 1 aromatic rings. The normalized spacial score (nSPS) is 15.4. The molecule has 0 N–H and O–H groups in total. The third kappa shape index (κ3) is 0.637. The Bertz CT molecular complexity index is 300. The summed E-state index contributed by atoms with van der Waals surface area (Å²) in [4.78, 5) is 14.2. The van der Waals surface area contributed by atoms with Crippen molar-refractivity contribution in [3.05, 3.63) is 12.2 Å². The molecule has 1 aliphatic heterocycles. The highest BCUT2D eigenvalue weighted by Crippen LogP contribution is 1.97. The molecular weight excluding hydrogens is 132 g/mol. The third-order valence-electron chi connectivity index (χ3n) is 1.28. The predicted molar refractivity (Wildman–Crippen MR) is 32.6 cm³/mol. The van der Waals surface area contributed by atoms with E-state index in [2.05, 4.69) is 15.2 Å². The second kappa shape index (κ2) is 1.73. The lowest BCUT2D eigenvalue weighted by Gasteiger charge is -2.02. The van der Waals surface area contributed by atoms with E-state index in [1.165, 1.54) is 12.5 Å². The zero-order valence-electron chi connectivity index (χ0n) is 5.06. The molecule has 0 saturated carbocycles. The Balaban J connectivity index is 2.52. The minimum Gasteiger partial charge on any atom is -0.303 e. The molecule has 0 radical (unpaired) electrons. The van der Waals surface area contributed by atoms with E-state index in [9.17, 15) is 4.79 Å². The van der Waals surface area contributed by atoms with Crippen molar-refractivity contribution in [2.75, 3.05) is 0 Å². The quantitative estimate of drug-likeness (QED) is 0.471. The lowest BCUT2D eigenvalue weighted by molar-refractivity contribution is -0.118. The van der Waals surface area contributed by atoms with Crippen LogP contribution in [0.1, 0.15) is 5.82 Å². The number of nitrogens with zero attached hydrogens (tertiary/aromatic N) is 4. The Morgan fingerprint density at radius 2 is 2.50 bits per heavy atom. The van der Waals surface area contributed by atoms with E-state index in [1.807, 2.05) is 0 Å². The fourth-order valence-electron chi connectivity index (χ4n) is 0.802. The second-order valence-electron chi connectivity index (χ2n) is 1.97. The van der Waals surface area contributed by atoms with Crippen LogP contribution in [0.25, 0.3) is 0 Å². The van der Waals surface area contributed by atoms with E-state index < -0.39 is 0 Å². The zero-order chi connectivity index (χ0) is 6.97. The van der Waals surface area contributed by atoms with E-state index in [1.54, 1.807) is 4.57 Å². The summed E-state index contributed by atoms with van der Waals surface area (Å²) in [7, 11) is 0. The largest absolute Gasteiger partial charge is 0.303 e. The smallest absolute Gasteiger partial charge is 0.265 e. The molecule has 0 saturated heterocycles. The molecule has 2 rings (SSSR count). The summed E-state index contributed by atoms with van der Waals surface area (Å²) in [6.45, 7) is 0.263. The molecule has 0 spiro atoms. The molecule has 1 amide bonds. The molecule has 5 nitrogen and oxygen atoms in total. The zero-order valence-corrected chi connectivity index (χ0v) is 5.06. The number of aliphatic imine (C=N–C) groups is 1. The van der Waals surface area contributed by atoms with Gasteiger partial charge in [0, 0.05) is 0 Å². The fourth-order valence-corrected chi connectivity index (χ4v) is 0.802. The number of rotatable bonds is 0. The molecule has 1 aliphatic rings. The summed E-state index contributed by atoms with van der Waals surface area (Å²) in [6.07, 6.45) is 2.93. The van der Waals surface area contributed by atoms with E-state index in [-0.39, 0.29) is 12.5 Å². The van der Waals surface area contributed by atoms with Crippen LogP contribution in [-0.4, -0.2) is 26.9 Å². The number of carbonyl (C=O) groups is 1. The van der Waals surface area contributed by atoms with Crippen molar-refractivity contribution in [2.24, 2.45) is 4.99 Å². The van der Waals surface area contributed by atoms with E-state index in [4.69, 9.17) is 0 Å². The molecule has 2 heterocycles. The van der Waals surface area contributed by atoms with Gasteiger partial charge in [0.05, 0.1) is 6.21 Å². The predicted octanol–water partition coefficient (Wildman–Crippen LogP) is -0.763. The van der Waals surface area contributed by atoms with Crippen LogP contribution < -0.4 is 0 Å². The number of aromatic nitrogens is 3. The van der Waals surface area contributed by atoms with Crippen molar-refractivity contribution in [1.29, 1.82) is 0 Å². The molecule has 50 valence electrons. The first kappa shape index (κ1) is 5.28. The minimum absolute atomic E-state index is 0.160. The minimum atomic E-state index is -0.160. The Morgan fingerprint density at radius 1 is 1.60 bits per heavy atom. The van der Waals surface area contributed by atoms with Gasteiger partial charge in [-0.3, -0.25) is 4.79 Å². The molecule has 0 unspecified atom stereocenters. The van der Waals surface area contributed by atoms with Crippen molar-refractivity contribution in [2.45, 2.75) is 6.54 Å². The highest BCUT2D eigenvalue weighted by atomic mass is 16.1. The van der Waals surface area contributed by atoms with Gasteiger partial charge in [-0.2, -0.15) is 0 Å². The molecule has 0 bridgehead atoms. The molecule has 1 aromatic heterocycles. The first-order chi connectivity index (χ1) is 4.86. The highest BCUT2D eigenvalue weighted by Gasteiger charge is 2.10. The molecule has 5 heteroatoms. The van der Waals surface area contributed by atoms with Gasteiger partial charge in [-0.05, 0) is 0 Å². The Morgan fingerprint density at radius 3 is 3.40 bits per heavy atom. The van der Waals surface area contributed by atoms with Crippen LogP contribution in [0.15, 0.2) is 11.3 Å². The maximum Gasteiger partial charge on any atom is 0.265 e. The number of hydrogen-bond donors (Lipinski definition) is 0. The lowest BCUT2D eigenvalue weighted by Crippen LogP contribution is -2.15. The van der Waals surface area contributed by atoms with Crippen molar-refractivity contribution >= 4 is 12.1 Å². The van der Waals surface area contributed by atoms with Crippen molar-refractivity contribution in [1.82, 2.24) is 14.8 Å². The summed E-state index contributed by atoms with van der Waals surface area (Å²) in [5, 5.41) is 7.31. The van der Waals surface area contributed by atoms with Crippen LogP contribution in [0.2, 0.25) is 0 Å². The van der Waals surface area contributed by atoms with E-state index in [0.29, 0.717) is 5.82 Å². The summed E-state index contributed by atoms with van der Waals surface area (Å²) >= 11 is 0. The monoisotopic (exact) mass is 136 g/mol. The SMILES string of the molecule is O=C1Cn2cnnc2C=N1. The van der Waals surface area contributed by atoms with E-state index >= 15 is 0 Å². The van der Waals surface area contributed by atoms with Gasteiger partial charge in [0.2, 0.25) is 0 Å². The third-order valence-corrected chi connectivity index (χ3v) is 1.28. The van der Waals surface area contributed by atoms with Gasteiger partial charge in [-0.25, -0.2) is 4.99 Å². The standard InChI is InChI=1S/C5H4N4O/c10-5-2-9-3-7-8-4(9)1-6-5/h1,3H,2H2. The first-order valence-electron chi connectivity index (χ1n) is 2.81. The summed E-state index contributed by atoms with van der Waals surface area (Å²) in [5.41, 5.74) is 0. The fraction of sp³-hybridized carbons (Fsp3) is 0.200. The number of hydrogen-bond acceptors (Lipinski definition) is 3. The van der Waals surface area contributed by atoms with Crippen LogP contribution in [0, 0.1) is 0 Å². The molecule has 0 fully saturated rings. The summed E-state index contributed by atoms with van der Waals surface area (Å²) in [6, 6.07) is 0. The van der Waals surface area contributed by atoms with Gasteiger partial charge in [-0.15, -0.1) is 10.2 Å². The van der Waals surface area contributed by atoms with Crippen molar-refractivity contribution in [3.8, 4) is 0 Å². The Kier molecular flexibility index (Phi) is 0.913. The highest BCUT2D eigenvalue weighted by molar-refractivity contribution is 5.92. The van der Waals surface area contributed by atoms with Gasteiger partial charge >= 0.3 is 0 Å². The molecule has 0 aromatic carbocycles. The van der Waals surface area contributed by atoms with Crippen molar-refractivity contribution in [3.63, 3.8) is 0 Å². The van der Waals surface area contributed by atoms with Crippen LogP contribution >= 0.6 is 0 Å². The van der Waals surface area contributed by atoms with Gasteiger partial charge < -0.3 is 4.57 Å². The number of carbonyl (C=O) groups excluding carboxylic acids is 1. The van der Waals surface area contributed by atoms with Crippen LogP contribution in [0.5, 0.6) is 0 Å². The average molecular weight is 136 g/mol. The van der Waals surface area contributed by atoms with Crippen LogP contribution in [0.4, 0.5) is 0 Å². The van der Waals surface area contributed by atoms with Crippen molar-refractivity contribution < 1.29 is 4.79 Å². The van der Waals surface area contributed by atoms with Crippen LogP contribution in [0.3, 0.4) is 0 Å². The lowest BCUT2D eigenvalue weighted by atomic mass is 10.5. The topological polar surface area (TPSA) is 60.1 Å². The first-order valence-corrected chi connectivity index (χ1v) is 2.81. The van der Waals surface area contributed by atoms with Gasteiger partial charge in [0.15, 0.2) is 5.82 Å². The Labute approximate surface area is 56.4 Å². The number of fused-ring (bicyclic) bond motifs is 1. The van der Waals surface area contributed by atoms with Crippen LogP contribution in [-0.2, 0) is 11.3 Å². The molecule has 0 atom stereocenters. The molecule has 10 heavy (non-hydrogen) atoms. The molecular formula is C5H4N4O. The maximum atomic E-state index is 10.6. The average Bonchev–Trinajstić information content (AvgIpc) is 2.33. The Hall–Kier alpha value is -1.52. The van der Waals surface area contributed by atoms with Gasteiger partial charge in [-0.1, -0.05) is 0 Å². The summed E-state index contributed by atoms with van der Waals surface area (Å²) < 4.78 is 1.65.